The van der Waals surface area contributed by atoms with Crippen molar-refractivity contribution in [3.8, 4) is 0 Å². The van der Waals surface area contributed by atoms with Crippen molar-refractivity contribution in [1.82, 2.24) is 4.90 Å². The molecule has 1 aromatic rings. The molecule has 0 fully saturated rings. The summed E-state index contributed by atoms with van der Waals surface area (Å²) in [4.78, 5) is 2.21. The second kappa shape index (κ2) is 9.16. The fourth-order valence-electron chi connectivity index (χ4n) is 1.69. The van der Waals surface area contributed by atoms with Crippen molar-refractivity contribution in [2.45, 2.75) is 19.9 Å². The minimum Gasteiger partial charge on any atom is -0.395 e. The highest BCUT2D eigenvalue weighted by atomic mass is 16.5. The van der Waals surface area contributed by atoms with Gasteiger partial charge < -0.3 is 9.84 Å². The number of hydrogen-bond acceptors (Lipinski definition) is 3. The van der Waals surface area contributed by atoms with E-state index >= 15 is 0 Å². The number of ether oxygens (including phenoxy) is 1. The largest absolute Gasteiger partial charge is 0.395 e. The molecule has 1 rings (SSSR count). The van der Waals surface area contributed by atoms with Gasteiger partial charge in [-0.25, -0.2) is 0 Å². The molecule has 0 saturated heterocycles. The molecule has 0 radical (unpaired) electrons. The molecule has 0 heterocycles. The lowest BCUT2D eigenvalue weighted by molar-refractivity contribution is 0.0931. The molecule has 1 N–H and O–H groups in total. The molecule has 0 amide bonds. The van der Waals surface area contributed by atoms with Gasteiger partial charge in [-0.3, -0.25) is 4.90 Å². The molecule has 3 heteroatoms. The Morgan fingerprint density at radius 1 is 1.12 bits per heavy atom. The van der Waals surface area contributed by atoms with Crippen molar-refractivity contribution >= 4 is 0 Å². The van der Waals surface area contributed by atoms with Crippen LogP contribution >= 0.6 is 0 Å². The van der Waals surface area contributed by atoms with Gasteiger partial charge in [-0.05, 0) is 12.0 Å². The molecule has 0 bridgehead atoms. The topological polar surface area (TPSA) is 32.7 Å². The maximum absolute atomic E-state index is 9.03. The second-order valence-corrected chi connectivity index (χ2v) is 4.10. The van der Waals surface area contributed by atoms with E-state index in [-0.39, 0.29) is 6.61 Å². The van der Waals surface area contributed by atoms with Crippen molar-refractivity contribution in [1.29, 1.82) is 0 Å². The Kier molecular flexibility index (Phi) is 7.63. The highest BCUT2D eigenvalue weighted by molar-refractivity contribution is 5.14. The zero-order chi connectivity index (χ0) is 12.3. The molecule has 0 aromatic heterocycles. The van der Waals surface area contributed by atoms with Crippen LogP contribution in [-0.2, 0) is 11.3 Å². The summed E-state index contributed by atoms with van der Waals surface area (Å²) in [6.45, 7) is 6.30. The maximum Gasteiger partial charge on any atom is 0.0593 e. The third-order valence-corrected chi connectivity index (χ3v) is 2.57. The molecule has 3 nitrogen and oxygen atoms in total. The molecule has 0 aliphatic rings. The third kappa shape index (κ3) is 6.41. The average molecular weight is 237 g/mol. The highest BCUT2D eigenvalue weighted by Crippen LogP contribution is 2.03. The Morgan fingerprint density at radius 3 is 2.53 bits per heavy atom. The van der Waals surface area contributed by atoms with Gasteiger partial charge in [0, 0.05) is 26.2 Å². The van der Waals surface area contributed by atoms with Crippen molar-refractivity contribution in [3.05, 3.63) is 35.9 Å². The van der Waals surface area contributed by atoms with Gasteiger partial charge in [-0.1, -0.05) is 37.3 Å². The predicted octanol–water partition coefficient (Wildman–Crippen LogP) is 1.91. The van der Waals surface area contributed by atoms with Gasteiger partial charge in [0.05, 0.1) is 13.2 Å². The van der Waals surface area contributed by atoms with Crippen molar-refractivity contribution in [2.75, 3.05) is 32.9 Å². The van der Waals surface area contributed by atoms with E-state index in [0.717, 1.165) is 32.7 Å². The monoisotopic (exact) mass is 237 g/mol. The summed E-state index contributed by atoms with van der Waals surface area (Å²) in [5, 5.41) is 9.03. The molecular formula is C14H23NO2. The van der Waals surface area contributed by atoms with Crippen LogP contribution in [0, 0.1) is 0 Å². The normalized spacial score (nSPS) is 11.0. The van der Waals surface area contributed by atoms with Crippen LogP contribution in [0.25, 0.3) is 0 Å². The van der Waals surface area contributed by atoms with Crippen LogP contribution in [0.15, 0.2) is 30.3 Å². The van der Waals surface area contributed by atoms with Gasteiger partial charge in [-0.15, -0.1) is 0 Å². The summed E-state index contributed by atoms with van der Waals surface area (Å²) < 4.78 is 5.47. The summed E-state index contributed by atoms with van der Waals surface area (Å²) in [6.07, 6.45) is 1.05. The quantitative estimate of drug-likeness (QED) is 0.666. The molecule has 0 aliphatic carbocycles. The first-order valence-electron chi connectivity index (χ1n) is 6.31. The molecule has 0 spiro atoms. The highest BCUT2D eigenvalue weighted by Gasteiger charge is 2.04. The SMILES string of the molecule is CCCOCCN(CCO)Cc1ccccc1. The number of aliphatic hydroxyl groups excluding tert-OH is 1. The zero-order valence-electron chi connectivity index (χ0n) is 10.6. The lowest BCUT2D eigenvalue weighted by Gasteiger charge is -2.21. The van der Waals surface area contributed by atoms with Crippen molar-refractivity contribution < 1.29 is 9.84 Å². The fraction of sp³-hybridized carbons (Fsp3) is 0.571. The summed E-state index contributed by atoms with van der Waals surface area (Å²) in [5.74, 6) is 0. The van der Waals surface area contributed by atoms with Crippen LogP contribution < -0.4 is 0 Å². The molecule has 17 heavy (non-hydrogen) atoms. The maximum atomic E-state index is 9.03. The van der Waals surface area contributed by atoms with Gasteiger partial charge >= 0.3 is 0 Å². The van der Waals surface area contributed by atoms with E-state index in [4.69, 9.17) is 9.84 Å². The number of rotatable bonds is 9. The van der Waals surface area contributed by atoms with E-state index in [2.05, 4.69) is 24.0 Å². The molecule has 0 atom stereocenters. The van der Waals surface area contributed by atoms with Crippen LogP contribution in [0.2, 0.25) is 0 Å². The number of nitrogens with zero attached hydrogens (tertiary/aromatic N) is 1. The average Bonchev–Trinajstić information content (AvgIpc) is 2.36. The van der Waals surface area contributed by atoms with Gasteiger partial charge in [0.2, 0.25) is 0 Å². The Balaban J connectivity index is 2.32. The van der Waals surface area contributed by atoms with Crippen LogP contribution in [0.5, 0.6) is 0 Å². The first-order chi connectivity index (χ1) is 8.36. The number of aliphatic hydroxyl groups is 1. The summed E-state index contributed by atoms with van der Waals surface area (Å²) in [7, 11) is 0. The Morgan fingerprint density at radius 2 is 1.88 bits per heavy atom. The molecule has 0 aliphatic heterocycles. The number of benzene rings is 1. The zero-order valence-corrected chi connectivity index (χ0v) is 10.6. The van der Waals surface area contributed by atoms with E-state index in [9.17, 15) is 0 Å². The molecule has 0 saturated carbocycles. The van der Waals surface area contributed by atoms with E-state index < -0.39 is 0 Å². The predicted molar refractivity (Wildman–Crippen MR) is 69.9 cm³/mol. The van der Waals surface area contributed by atoms with Gasteiger partial charge in [0.25, 0.3) is 0 Å². The van der Waals surface area contributed by atoms with Crippen LogP contribution in [-0.4, -0.2) is 42.9 Å². The van der Waals surface area contributed by atoms with Crippen LogP contribution in [0.1, 0.15) is 18.9 Å². The first-order valence-corrected chi connectivity index (χ1v) is 6.31. The molecular weight excluding hydrogens is 214 g/mol. The first kappa shape index (κ1) is 14.2. The van der Waals surface area contributed by atoms with Gasteiger partial charge in [0.1, 0.15) is 0 Å². The van der Waals surface area contributed by atoms with Crippen molar-refractivity contribution in [2.24, 2.45) is 0 Å². The smallest absolute Gasteiger partial charge is 0.0593 e. The Hall–Kier alpha value is -0.900. The van der Waals surface area contributed by atoms with Gasteiger partial charge in [0.15, 0.2) is 0 Å². The minimum atomic E-state index is 0.195. The third-order valence-electron chi connectivity index (χ3n) is 2.57. The van der Waals surface area contributed by atoms with E-state index in [1.54, 1.807) is 0 Å². The molecule has 96 valence electrons. The van der Waals surface area contributed by atoms with Crippen LogP contribution in [0.4, 0.5) is 0 Å². The standard InChI is InChI=1S/C14H23NO2/c1-2-11-17-12-9-15(8-10-16)13-14-6-4-3-5-7-14/h3-7,16H,2,8-13H2,1H3. The minimum absolute atomic E-state index is 0.195. The van der Waals surface area contributed by atoms with Crippen molar-refractivity contribution in [3.63, 3.8) is 0 Å². The van der Waals surface area contributed by atoms with E-state index in [0.29, 0.717) is 6.54 Å². The van der Waals surface area contributed by atoms with E-state index in [1.807, 2.05) is 18.2 Å². The second-order valence-electron chi connectivity index (χ2n) is 4.10. The van der Waals surface area contributed by atoms with Gasteiger partial charge in [-0.2, -0.15) is 0 Å². The summed E-state index contributed by atoms with van der Waals surface area (Å²) >= 11 is 0. The lowest BCUT2D eigenvalue weighted by Crippen LogP contribution is -2.30. The lowest BCUT2D eigenvalue weighted by atomic mass is 10.2. The molecule has 0 unspecified atom stereocenters. The van der Waals surface area contributed by atoms with Crippen LogP contribution in [0.3, 0.4) is 0 Å². The fourth-order valence-corrected chi connectivity index (χ4v) is 1.69. The summed E-state index contributed by atoms with van der Waals surface area (Å²) in [5.41, 5.74) is 1.27. The number of hydrogen-bond donors (Lipinski definition) is 1. The van der Waals surface area contributed by atoms with E-state index in [1.165, 1.54) is 5.56 Å². The summed E-state index contributed by atoms with van der Waals surface area (Å²) in [6, 6.07) is 10.3. The Labute approximate surface area is 104 Å². The Bertz CT molecular complexity index is 277. The molecule has 1 aromatic carbocycles.